The summed E-state index contributed by atoms with van der Waals surface area (Å²) < 4.78 is 20.0. The number of nitrogens with zero attached hydrogens (tertiary/aromatic N) is 1. The van der Waals surface area contributed by atoms with Gasteiger partial charge in [-0.2, -0.15) is 4.28 Å². The predicted octanol–water partition coefficient (Wildman–Crippen LogP) is 0.928. The lowest BCUT2D eigenvalue weighted by Crippen LogP contribution is -2.03. The number of anilines is 1. The Morgan fingerprint density at radius 1 is 1.58 bits per heavy atom. The van der Waals surface area contributed by atoms with Crippen molar-refractivity contribution in [1.82, 2.24) is 5.16 Å². The third kappa shape index (κ3) is 2.05. The summed E-state index contributed by atoms with van der Waals surface area (Å²) in [5, 5.41) is 3.64. The van der Waals surface area contributed by atoms with Crippen molar-refractivity contribution in [3.05, 3.63) is 11.3 Å². The van der Waals surface area contributed by atoms with Crippen molar-refractivity contribution in [3.63, 3.8) is 0 Å². The maximum atomic E-state index is 10.5. The van der Waals surface area contributed by atoms with Crippen LogP contribution in [0, 0.1) is 13.8 Å². The van der Waals surface area contributed by atoms with Crippen LogP contribution in [-0.2, 0) is 15.4 Å². The normalized spacial score (nSPS) is 12.9. The lowest BCUT2D eigenvalue weighted by atomic mass is 10.3. The highest BCUT2D eigenvalue weighted by atomic mass is 32.2. The van der Waals surface area contributed by atoms with Crippen LogP contribution in [0.5, 0.6) is 0 Å². The molecule has 0 spiro atoms. The summed E-state index contributed by atoms with van der Waals surface area (Å²) in [4.78, 5) is 0. The second kappa shape index (κ2) is 3.68. The number of nitrogens with one attached hydrogen (secondary N) is 1. The van der Waals surface area contributed by atoms with E-state index in [1.807, 2.05) is 6.92 Å². The summed E-state index contributed by atoms with van der Waals surface area (Å²) in [6, 6.07) is 0. The fourth-order valence-electron chi connectivity index (χ4n) is 0.611. The fourth-order valence-corrected chi connectivity index (χ4v) is 0.807. The minimum atomic E-state index is -1.36. The lowest BCUT2D eigenvalue weighted by molar-refractivity contribution is 0.384. The molecule has 6 heteroatoms. The zero-order valence-electron chi connectivity index (χ0n) is 7.08. The van der Waals surface area contributed by atoms with Crippen molar-refractivity contribution in [3.8, 4) is 0 Å². The van der Waals surface area contributed by atoms with Gasteiger partial charge in [0.05, 0.1) is 0 Å². The van der Waals surface area contributed by atoms with Crippen LogP contribution in [0.2, 0.25) is 0 Å². The van der Waals surface area contributed by atoms with Crippen LogP contribution < -0.4 is 5.48 Å². The molecule has 0 aliphatic heterocycles. The Labute approximate surface area is 72.7 Å². The SMILES string of the molecule is Cc1onc(NOS(C)=O)c1C. The van der Waals surface area contributed by atoms with E-state index in [2.05, 4.69) is 14.9 Å². The van der Waals surface area contributed by atoms with Gasteiger partial charge in [-0.05, 0) is 13.8 Å². The Kier molecular flexibility index (Phi) is 2.83. The van der Waals surface area contributed by atoms with Gasteiger partial charge in [0.25, 0.3) is 0 Å². The Morgan fingerprint density at radius 2 is 2.25 bits per heavy atom. The Bertz CT molecular complexity index is 297. The molecule has 0 saturated carbocycles. The average molecular weight is 190 g/mol. The molecule has 1 N–H and O–H groups in total. The molecule has 0 aliphatic rings. The van der Waals surface area contributed by atoms with E-state index >= 15 is 0 Å². The van der Waals surface area contributed by atoms with Crippen LogP contribution in [0.25, 0.3) is 0 Å². The van der Waals surface area contributed by atoms with Crippen LogP contribution in [-0.4, -0.2) is 15.6 Å². The summed E-state index contributed by atoms with van der Waals surface area (Å²) in [7, 11) is 0. The smallest absolute Gasteiger partial charge is 0.197 e. The van der Waals surface area contributed by atoms with E-state index < -0.39 is 11.1 Å². The molecule has 0 bridgehead atoms. The van der Waals surface area contributed by atoms with Gasteiger partial charge in [-0.15, -0.1) is 0 Å². The van der Waals surface area contributed by atoms with E-state index in [1.165, 1.54) is 6.26 Å². The molecule has 1 heterocycles. The second-order valence-electron chi connectivity index (χ2n) is 2.30. The van der Waals surface area contributed by atoms with E-state index in [1.54, 1.807) is 6.92 Å². The maximum Gasteiger partial charge on any atom is 0.197 e. The molecule has 0 aromatic carbocycles. The third-order valence-corrected chi connectivity index (χ3v) is 1.73. The lowest BCUT2D eigenvalue weighted by Gasteiger charge is -1.98. The van der Waals surface area contributed by atoms with Gasteiger partial charge in [0.2, 0.25) is 0 Å². The molecule has 68 valence electrons. The number of hydrogen-bond donors (Lipinski definition) is 1. The van der Waals surface area contributed by atoms with Crippen LogP contribution in [0.4, 0.5) is 5.82 Å². The molecule has 1 aromatic rings. The van der Waals surface area contributed by atoms with Crippen LogP contribution in [0.1, 0.15) is 11.3 Å². The van der Waals surface area contributed by atoms with Gasteiger partial charge < -0.3 is 4.52 Å². The quantitative estimate of drug-likeness (QED) is 0.718. The summed E-state index contributed by atoms with van der Waals surface area (Å²) in [6.45, 7) is 3.62. The van der Waals surface area contributed by atoms with Crippen LogP contribution in [0.15, 0.2) is 4.52 Å². The third-order valence-electron chi connectivity index (χ3n) is 1.41. The molecule has 1 rings (SSSR count). The number of aromatic nitrogens is 1. The monoisotopic (exact) mass is 190 g/mol. The fraction of sp³-hybridized carbons (Fsp3) is 0.500. The molecule has 0 radical (unpaired) electrons. The summed E-state index contributed by atoms with van der Waals surface area (Å²) in [6.07, 6.45) is 1.41. The Hall–Kier alpha value is -0.880. The summed E-state index contributed by atoms with van der Waals surface area (Å²) >= 11 is -1.36. The standard InChI is InChI=1S/C6H10N2O3S/c1-4-5(2)10-7-6(4)8-11-12(3)9/h1-3H3,(H,7,8). The molecular formula is C6H10N2O3S. The van der Waals surface area contributed by atoms with Gasteiger partial charge >= 0.3 is 0 Å². The van der Waals surface area contributed by atoms with Crippen LogP contribution in [0.3, 0.4) is 0 Å². The van der Waals surface area contributed by atoms with Crippen molar-refractivity contribution >= 4 is 16.9 Å². The highest BCUT2D eigenvalue weighted by Gasteiger charge is 2.07. The first kappa shape index (κ1) is 9.21. The molecule has 0 amide bonds. The molecule has 12 heavy (non-hydrogen) atoms. The molecular weight excluding hydrogens is 180 g/mol. The molecule has 1 unspecified atom stereocenters. The second-order valence-corrected chi connectivity index (χ2v) is 3.27. The highest BCUT2D eigenvalue weighted by molar-refractivity contribution is 7.79. The first-order chi connectivity index (χ1) is 5.61. The molecule has 5 nitrogen and oxygen atoms in total. The van der Waals surface area contributed by atoms with Gasteiger partial charge in [-0.1, -0.05) is 5.16 Å². The van der Waals surface area contributed by atoms with E-state index in [0.717, 1.165) is 5.56 Å². The first-order valence-electron chi connectivity index (χ1n) is 3.31. The van der Waals surface area contributed by atoms with Crippen molar-refractivity contribution in [2.75, 3.05) is 11.7 Å². The van der Waals surface area contributed by atoms with Gasteiger partial charge in [-0.25, -0.2) is 9.69 Å². The molecule has 0 aliphatic carbocycles. The van der Waals surface area contributed by atoms with E-state index in [0.29, 0.717) is 11.6 Å². The van der Waals surface area contributed by atoms with Crippen molar-refractivity contribution in [2.24, 2.45) is 0 Å². The Morgan fingerprint density at radius 3 is 2.67 bits per heavy atom. The van der Waals surface area contributed by atoms with Crippen LogP contribution >= 0.6 is 0 Å². The highest BCUT2D eigenvalue weighted by Crippen LogP contribution is 2.16. The minimum Gasteiger partial charge on any atom is -0.359 e. The van der Waals surface area contributed by atoms with E-state index in [9.17, 15) is 4.21 Å². The molecule has 1 atom stereocenters. The molecule has 1 aromatic heterocycles. The van der Waals surface area contributed by atoms with Gasteiger partial charge in [0, 0.05) is 11.8 Å². The van der Waals surface area contributed by atoms with Crippen molar-refractivity contribution in [2.45, 2.75) is 13.8 Å². The van der Waals surface area contributed by atoms with E-state index in [-0.39, 0.29) is 0 Å². The number of hydrogen-bond acceptors (Lipinski definition) is 5. The minimum absolute atomic E-state index is 0.461. The summed E-state index contributed by atoms with van der Waals surface area (Å²) in [5.74, 6) is 1.17. The van der Waals surface area contributed by atoms with Gasteiger partial charge in [0.15, 0.2) is 16.9 Å². The predicted molar refractivity (Wildman–Crippen MR) is 44.8 cm³/mol. The van der Waals surface area contributed by atoms with E-state index in [4.69, 9.17) is 4.52 Å². The molecule has 0 saturated heterocycles. The topological polar surface area (TPSA) is 64.4 Å². The van der Waals surface area contributed by atoms with Crippen molar-refractivity contribution < 1.29 is 13.0 Å². The zero-order valence-corrected chi connectivity index (χ0v) is 7.90. The largest absolute Gasteiger partial charge is 0.359 e. The number of aryl methyl sites for hydroxylation is 1. The average Bonchev–Trinajstić information content (AvgIpc) is 2.30. The van der Waals surface area contributed by atoms with Crippen molar-refractivity contribution in [1.29, 1.82) is 0 Å². The summed E-state index contributed by atoms with van der Waals surface area (Å²) in [5.41, 5.74) is 3.28. The van der Waals surface area contributed by atoms with Gasteiger partial charge in [-0.3, -0.25) is 0 Å². The zero-order chi connectivity index (χ0) is 9.14. The number of rotatable bonds is 3. The maximum absolute atomic E-state index is 10.5. The Balaban J connectivity index is 2.63. The van der Waals surface area contributed by atoms with Gasteiger partial charge in [0.1, 0.15) is 5.76 Å². The first-order valence-corrected chi connectivity index (χ1v) is 4.79. The molecule has 0 fully saturated rings.